The Bertz CT molecular complexity index is 1260. The van der Waals surface area contributed by atoms with Gasteiger partial charge in [-0.25, -0.2) is 0 Å². The molecule has 1 atom stereocenters. The van der Waals surface area contributed by atoms with Gasteiger partial charge in [-0.15, -0.1) is 0 Å². The number of ether oxygens (including phenoxy) is 3. The van der Waals surface area contributed by atoms with Gasteiger partial charge in [0.1, 0.15) is 13.2 Å². The Kier molecular flexibility index (Phi) is 52.8. The van der Waals surface area contributed by atoms with Gasteiger partial charge >= 0.3 is 17.9 Å². The summed E-state index contributed by atoms with van der Waals surface area (Å²) in [6.07, 6.45) is 70.2. The molecule has 0 aliphatic rings. The lowest BCUT2D eigenvalue weighted by molar-refractivity contribution is -0.167. The summed E-state index contributed by atoms with van der Waals surface area (Å²) in [5.74, 6) is -0.895. The lowest BCUT2D eigenvalue weighted by Gasteiger charge is -2.18. The summed E-state index contributed by atoms with van der Waals surface area (Å²) in [7, 11) is 0. The van der Waals surface area contributed by atoms with Crippen LogP contribution in [0.15, 0.2) is 72.9 Å². The first-order chi connectivity index (χ1) is 33.0. The van der Waals surface area contributed by atoms with Gasteiger partial charge in [0.15, 0.2) is 6.10 Å². The molecular formula is C61H106O6. The number of allylic oxidation sites excluding steroid dienone is 12. The van der Waals surface area contributed by atoms with Gasteiger partial charge in [0, 0.05) is 19.3 Å². The van der Waals surface area contributed by atoms with Gasteiger partial charge in [-0.3, -0.25) is 14.4 Å². The number of carbonyl (C=O) groups excluding carboxylic acids is 3. The van der Waals surface area contributed by atoms with E-state index in [1.807, 2.05) is 0 Å². The zero-order valence-corrected chi connectivity index (χ0v) is 44.2. The van der Waals surface area contributed by atoms with Crippen LogP contribution in [0.2, 0.25) is 0 Å². The summed E-state index contributed by atoms with van der Waals surface area (Å²) in [5.41, 5.74) is 0. The normalized spacial score (nSPS) is 12.6. The van der Waals surface area contributed by atoms with Gasteiger partial charge in [0.25, 0.3) is 0 Å². The highest BCUT2D eigenvalue weighted by Crippen LogP contribution is 2.15. The molecule has 0 N–H and O–H groups in total. The van der Waals surface area contributed by atoms with Crippen molar-refractivity contribution in [3.63, 3.8) is 0 Å². The minimum absolute atomic E-state index is 0.0812. The van der Waals surface area contributed by atoms with Crippen LogP contribution in [0.1, 0.15) is 278 Å². The molecule has 6 heteroatoms. The van der Waals surface area contributed by atoms with Crippen molar-refractivity contribution >= 4 is 17.9 Å². The van der Waals surface area contributed by atoms with E-state index in [1.54, 1.807) is 0 Å². The SMILES string of the molecule is CC/C=C\C/C=C\C/C=C\C/C=C\CCCCCCCCC(=O)OCC(COC(=O)CCCCCCCCCCCCCCC)OC(=O)CCCCCCCCC/C=C\C/C=C\CCCCC. The monoisotopic (exact) mass is 935 g/mol. The van der Waals surface area contributed by atoms with Gasteiger partial charge in [0.05, 0.1) is 0 Å². The summed E-state index contributed by atoms with van der Waals surface area (Å²) in [4.78, 5) is 38.1. The fourth-order valence-electron chi connectivity index (χ4n) is 7.93. The standard InChI is InChI=1S/C61H106O6/c1-4-7-10-13-16-19-22-25-27-29-30-32-33-36-39-42-45-48-51-54-60(63)66-57-58(56-65-59(62)53-50-47-44-41-38-35-24-21-18-15-12-9-6-3)67-61(64)55-52-49-46-43-40-37-34-31-28-26-23-20-17-14-11-8-5-2/h7,10,16-17,19-20,25-28,30,32,58H,4-6,8-9,11-15,18,21-24,29,31,33-57H2,1-3H3/b10-7-,19-16-,20-17-,27-25-,28-26-,32-30-. The molecule has 0 heterocycles. The maximum absolute atomic E-state index is 12.8. The molecule has 0 aliphatic carbocycles. The van der Waals surface area contributed by atoms with Crippen LogP contribution in [0.3, 0.4) is 0 Å². The molecule has 386 valence electrons. The molecule has 0 amide bonds. The molecule has 0 aromatic carbocycles. The largest absolute Gasteiger partial charge is 0.462 e. The van der Waals surface area contributed by atoms with Gasteiger partial charge in [-0.1, -0.05) is 241 Å². The van der Waals surface area contributed by atoms with E-state index in [0.717, 1.165) is 103 Å². The van der Waals surface area contributed by atoms with Crippen molar-refractivity contribution in [2.24, 2.45) is 0 Å². The van der Waals surface area contributed by atoms with Crippen LogP contribution in [0.4, 0.5) is 0 Å². The second-order valence-electron chi connectivity index (χ2n) is 18.8. The maximum Gasteiger partial charge on any atom is 0.306 e. The van der Waals surface area contributed by atoms with Crippen LogP contribution < -0.4 is 0 Å². The molecule has 0 radical (unpaired) electrons. The zero-order chi connectivity index (χ0) is 48.6. The quantitative estimate of drug-likeness (QED) is 0.0262. The first kappa shape index (κ1) is 63.8. The lowest BCUT2D eigenvalue weighted by atomic mass is 10.0. The highest BCUT2D eigenvalue weighted by atomic mass is 16.6. The van der Waals surface area contributed by atoms with Crippen molar-refractivity contribution in [2.45, 2.75) is 284 Å². The van der Waals surface area contributed by atoms with Crippen LogP contribution in [0.25, 0.3) is 0 Å². The summed E-state index contributed by atoms with van der Waals surface area (Å²) < 4.78 is 16.9. The van der Waals surface area contributed by atoms with E-state index in [9.17, 15) is 14.4 Å². The summed E-state index contributed by atoms with van der Waals surface area (Å²) in [6, 6.07) is 0. The third-order valence-electron chi connectivity index (χ3n) is 12.2. The molecule has 0 bridgehead atoms. The van der Waals surface area contributed by atoms with Crippen molar-refractivity contribution in [3.05, 3.63) is 72.9 Å². The molecule has 0 aromatic heterocycles. The minimum Gasteiger partial charge on any atom is -0.462 e. The number of carbonyl (C=O) groups is 3. The highest BCUT2D eigenvalue weighted by Gasteiger charge is 2.19. The predicted octanol–water partition coefficient (Wildman–Crippen LogP) is 19.0. The molecule has 0 saturated heterocycles. The Morgan fingerprint density at radius 2 is 0.582 bits per heavy atom. The van der Waals surface area contributed by atoms with E-state index >= 15 is 0 Å². The van der Waals surface area contributed by atoms with Crippen molar-refractivity contribution in [1.82, 2.24) is 0 Å². The van der Waals surface area contributed by atoms with Crippen LogP contribution in [-0.4, -0.2) is 37.2 Å². The van der Waals surface area contributed by atoms with E-state index in [0.29, 0.717) is 19.3 Å². The van der Waals surface area contributed by atoms with Crippen LogP contribution in [-0.2, 0) is 28.6 Å². The molecule has 0 aliphatic heterocycles. The average molecular weight is 936 g/mol. The fraction of sp³-hybridized carbons (Fsp3) is 0.754. The van der Waals surface area contributed by atoms with Crippen molar-refractivity contribution in [1.29, 1.82) is 0 Å². The minimum atomic E-state index is -0.784. The molecular weight excluding hydrogens is 829 g/mol. The third-order valence-corrected chi connectivity index (χ3v) is 12.2. The number of hydrogen-bond acceptors (Lipinski definition) is 6. The summed E-state index contributed by atoms with van der Waals surface area (Å²) >= 11 is 0. The van der Waals surface area contributed by atoms with Crippen LogP contribution in [0, 0.1) is 0 Å². The van der Waals surface area contributed by atoms with Crippen molar-refractivity contribution in [2.75, 3.05) is 13.2 Å². The number of esters is 3. The molecule has 0 spiro atoms. The first-order valence-corrected chi connectivity index (χ1v) is 28.4. The van der Waals surface area contributed by atoms with Gasteiger partial charge in [0.2, 0.25) is 0 Å². The molecule has 67 heavy (non-hydrogen) atoms. The first-order valence-electron chi connectivity index (χ1n) is 28.4. The van der Waals surface area contributed by atoms with Crippen molar-refractivity contribution in [3.8, 4) is 0 Å². The highest BCUT2D eigenvalue weighted by molar-refractivity contribution is 5.71. The van der Waals surface area contributed by atoms with Crippen LogP contribution in [0.5, 0.6) is 0 Å². The number of unbranched alkanes of at least 4 members (excludes halogenated alkanes) is 28. The third kappa shape index (κ3) is 53.7. The van der Waals surface area contributed by atoms with E-state index in [4.69, 9.17) is 14.2 Å². The van der Waals surface area contributed by atoms with E-state index in [2.05, 4.69) is 93.7 Å². The Hall–Kier alpha value is -3.15. The number of rotatable bonds is 51. The van der Waals surface area contributed by atoms with Gasteiger partial charge in [-0.2, -0.15) is 0 Å². The summed E-state index contributed by atoms with van der Waals surface area (Å²) in [5, 5.41) is 0. The molecule has 0 aromatic rings. The second-order valence-corrected chi connectivity index (χ2v) is 18.8. The van der Waals surface area contributed by atoms with E-state index < -0.39 is 6.10 Å². The smallest absolute Gasteiger partial charge is 0.306 e. The molecule has 0 rings (SSSR count). The second kappa shape index (κ2) is 55.4. The Morgan fingerprint density at radius 3 is 0.940 bits per heavy atom. The van der Waals surface area contributed by atoms with Crippen molar-refractivity contribution < 1.29 is 28.6 Å². The zero-order valence-electron chi connectivity index (χ0n) is 44.2. The van der Waals surface area contributed by atoms with Gasteiger partial charge in [-0.05, 0) is 89.9 Å². The van der Waals surface area contributed by atoms with E-state index in [-0.39, 0.29) is 31.1 Å². The topological polar surface area (TPSA) is 78.9 Å². The maximum atomic E-state index is 12.8. The molecule has 6 nitrogen and oxygen atoms in total. The Labute approximate surface area is 414 Å². The average Bonchev–Trinajstić information content (AvgIpc) is 3.33. The van der Waals surface area contributed by atoms with Gasteiger partial charge < -0.3 is 14.2 Å². The number of hydrogen-bond donors (Lipinski definition) is 0. The lowest BCUT2D eigenvalue weighted by Crippen LogP contribution is -2.30. The fourth-order valence-corrected chi connectivity index (χ4v) is 7.93. The molecule has 1 unspecified atom stereocenters. The predicted molar refractivity (Wildman–Crippen MR) is 288 cm³/mol. The Morgan fingerprint density at radius 1 is 0.313 bits per heavy atom. The van der Waals surface area contributed by atoms with E-state index in [1.165, 1.54) is 135 Å². The summed E-state index contributed by atoms with van der Waals surface area (Å²) in [6.45, 7) is 6.50. The van der Waals surface area contributed by atoms with Crippen LogP contribution >= 0.6 is 0 Å². The molecule has 0 saturated carbocycles. The Balaban J connectivity index is 4.40. The molecule has 0 fully saturated rings.